The predicted octanol–water partition coefficient (Wildman–Crippen LogP) is 5.56. The SMILES string of the molecule is O=C(N[C@@H](Cc1ccc(OC(=O)OCc2ccccc2)c(O)c1C(=O)OCc1ccccc1)C(=O)NCC1C=C(Br)NO1)OCc1ccccc1. The highest BCUT2D eigenvalue weighted by Crippen LogP contribution is 2.34. The van der Waals surface area contributed by atoms with Crippen LogP contribution in [0, 0.1) is 0 Å². The van der Waals surface area contributed by atoms with Crippen LogP contribution in [0.5, 0.6) is 11.5 Å². The Bertz CT molecular complexity index is 1840. The van der Waals surface area contributed by atoms with E-state index in [2.05, 4.69) is 32.0 Å². The third-order valence-corrected chi connectivity index (χ3v) is 7.83. The van der Waals surface area contributed by atoms with Crippen molar-refractivity contribution in [3.05, 3.63) is 142 Å². The van der Waals surface area contributed by atoms with Crippen LogP contribution >= 0.6 is 15.9 Å². The van der Waals surface area contributed by atoms with Gasteiger partial charge in [-0.25, -0.2) is 14.4 Å². The molecule has 4 aromatic carbocycles. The van der Waals surface area contributed by atoms with E-state index in [4.69, 9.17) is 23.8 Å². The molecule has 2 amide bonds. The highest BCUT2D eigenvalue weighted by Gasteiger charge is 2.29. The Hall–Kier alpha value is -5.86. The third kappa shape index (κ3) is 11.1. The number of halogens is 1. The van der Waals surface area contributed by atoms with Gasteiger partial charge >= 0.3 is 18.2 Å². The van der Waals surface area contributed by atoms with Crippen LogP contribution < -0.4 is 20.9 Å². The van der Waals surface area contributed by atoms with Crippen molar-refractivity contribution in [2.24, 2.45) is 0 Å². The first-order valence-electron chi connectivity index (χ1n) is 15.7. The van der Waals surface area contributed by atoms with Crippen molar-refractivity contribution in [1.82, 2.24) is 16.1 Å². The number of rotatable bonds is 14. The molecule has 51 heavy (non-hydrogen) atoms. The predicted molar refractivity (Wildman–Crippen MR) is 186 cm³/mol. The number of phenolic OH excluding ortho intramolecular Hbond substituents is 1. The third-order valence-electron chi connectivity index (χ3n) is 7.40. The Morgan fingerprint density at radius 3 is 1.92 bits per heavy atom. The van der Waals surface area contributed by atoms with E-state index < -0.39 is 42.0 Å². The average Bonchev–Trinajstić information content (AvgIpc) is 3.58. The van der Waals surface area contributed by atoms with Crippen LogP contribution in [0.4, 0.5) is 9.59 Å². The van der Waals surface area contributed by atoms with Crippen LogP contribution in [0.15, 0.2) is 114 Å². The fourth-order valence-corrected chi connectivity index (χ4v) is 5.24. The maximum Gasteiger partial charge on any atom is 0.514 e. The number of benzene rings is 4. The van der Waals surface area contributed by atoms with Gasteiger partial charge in [0.1, 0.15) is 42.1 Å². The van der Waals surface area contributed by atoms with Gasteiger partial charge in [0.2, 0.25) is 5.91 Å². The summed E-state index contributed by atoms with van der Waals surface area (Å²) in [7, 11) is 0. The van der Waals surface area contributed by atoms with Crippen LogP contribution in [0.2, 0.25) is 0 Å². The molecule has 0 saturated heterocycles. The van der Waals surface area contributed by atoms with Crippen molar-refractivity contribution in [3.63, 3.8) is 0 Å². The second-order valence-electron chi connectivity index (χ2n) is 11.1. The zero-order valence-corrected chi connectivity index (χ0v) is 28.7. The molecule has 0 fully saturated rings. The maximum absolute atomic E-state index is 13.6. The summed E-state index contributed by atoms with van der Waals surface area (Å²) < 4.78 is 21.9. The zero-order valence-electron chi connectivity index (χ0n) is 27.1. The summed E-state index contributed by atoms with van der Waals surface area (Å²) >= 11 is 3.26. The minimum Gasteiger partial charge on any atom is -0.504 e. The lowest BCUT2D eigenvalue weighted by Gasteiger charge is -2.21. The Labute approximate surface area is 301 Å². The van der Waals surface area contributed by atoms with Crippen LogP contribution in [0.3, 0.4) is 0 Å². The van der Waals surface area contributed by atoms with Crippen molar-refractivity contribution in [3.8, 4) is 11.5 Å². The molecule has 1 unspecified atom stereocenters. The normalized spacial score (nSPS) is 13.9. The number of nitrogens with one attached hydrogen (secondary N) is 3. The molecule has 0 aliphatic carbocycles. The Morgan fingerprint density at radius 1 is 0.784 bits per heavy atom. The smallest absolute Gasteiger partial charge is 0.504 e. The van der Waals surface area contributed by atoms with Gasteiger partial charge in [0.05, 0.1) is 6.54 Å². The Kier molecular flexibility index (Phi) is 13.0. The number of carbonyl (C=O) groups excluding carboxylic acids is 4. The first-order chi connectivity index (χ1) is 24.7. The molecule has 0 radical (unpaired) electrons. The molecule has 0 bridgehead atoms. The van der Waals surface area contributed by atoms with Crippen LogP contribution in [0.25, 0.3) is 0 Å². The molecular weight excluding hydrogens is 726 g/mol. The van der Waals surface area contributed by atoms with E-state index in [1.807, 2.05) is 12.1 Å². The molecule has 1 heterocycles. The van der Waals surface area contributed by atoms with Crippen LogP contribution in [-0.4, -0.2) is 47.9 Å². The van der Waals surface area contributed by atoms with Crippen molar-refractivity contribution in [1.29, 1.82) is 0 Å². The summed E-state index contributed by atoms with van der Waals surface area (Å²) in [6.07, 6.45) is -1.16. The number of carbonyl (C=O) groups is 4. The molecule has 0 saturated carbocycles. The number of aromatic hydroxyl groups is 1. The molecule has 4 aromatic rings. The minimum absolute atomic E-state index is 0.0350. The van der Waals surface area contributed by atoms with Gasteiger partial charge in [0.15, 0.2) is 11.5 Å². The topological polar surface area (TPSA) is 171 Å². The lowest BCUT2D eigenvalue weighted by Crippen LogP contribution is -2.49. The molecule has 5 rings (SSSR count). The molecule has 4 N–H and O–H groups in total. The molecule has 14 heteroatoms. The fourth-order valence-electron chi connectivity index (χ4n) is 4.85. The number of hydrogen-bond acceptors (Lipinski definition) is 11. The summed E-state index contributed by atoms with van der Waals surface area (Å²) in [5.41, 5.74) is 4.45. The van der Waals surface area contributed by atoms with Gasteiger partial charge in [-0.05, 0) is 50.3 Å². The van der Waals surface area contributed by atoms with Gasteiger partial charge in [-0.15, -0.1) is 0 Å². The summed E-state index contributed by atoms with van der Waals surface area (Å²) in [6.45, 7) is -0.268. The van der Waals surface area contributed by atoms with Gasteiger partial charge in [-0.1, -0.05) is 97.1 Å². The van der Waals surface area contributed by atoms with Gasteiger partial charge in [-0.3, -0.25) is 15.1 Å². The number of alkyl carbamates (subject to hydrolysis) is 1. The van der Waals surface area contributed by atoms with E-state index in [9.17, 15) is 24.3 Å². The standard InChI is InChI=1S/C37H34BrN3O10/c38-31-19-28(51-41-31)20-39-34(43)29(40-36(45)48-22-25-12-6-2-7-13-25)18-27-16-17-30(50-37(46)49-23-26-14-8-3-9-15-26)33(42)32(27)35(44)47-21-24-10-4-1-5-11-24/h1-17,19,28-29,41-42H,18,20-23H2,(H,39,43)(H,40,45)/t28?,29-/m0/s1. The lowest BCUT2D eigenvalue weighted by atomic mass is 9.98. The maximum atomic E-state index is 13.6. The summed E-state index contributed by atoms with van der Waals surface area (Å²) in [5.74, 6) is -2.73. The molecule has 13 nitrogen and oxygen atoms in total. The number of esters is 1. The molecule has 0 spiro atoms. The number of phenols is 1. The summed E-state index contributed by atoms with van der Waals surface area (Å²) in [4.78, 5) is 57.9. The van der Waals surface area contributed by atoms with E-state index in [-0.39, 0.29) is 49.7 Å². The average molecular weight is 761 g/mol. The number of hydrogen-bond donors (Lipinski definition) is 4. The van der Waals surface area contributed by atoms with Crippen molar-refractivity contribution in [2.45, 2.75) is 38.4 Å². The molecule has 1 aliphatic heterocycles. The second-order valence-corrected chi connectivity index (χ2v) is 12.0. The van der Waals surface area contributed by atoms with Gasteiger partial charge < -0.3 is 34.7 Å². The fraction of sp³-hybridized carbons (Fsp3) is 0.189. The van der Waals surface area contributed by atoms with E-state index in [0.29, 0.717) is 15.7 Å². The van der Waals surface area contributed by atoms with Crippen LogP contribution in [0.1, 0.15) is 32.6 Å². The quantitative estimate of drug-likeness (QED) is 0.0550. The van der Waals surface area contributed by atoms with Crippen LogP contribution in [-0.2, 0) is 50.1 Å². The molecular formula is C37H34BrN3O10. The first-order valence-corrected chi connectivity index (χ1v) is 16.5. The van der Waals surface area contributed by atoms with Crippen molar-refractivity contribution >= 4 is 40.1 Å². The molecule has 1 aliphatic rings. The number of amides is 2. The number of hydroxylamine groups is 1. The lowest BCUT2D eigenvalue weighted by molar-refractivity contribution is -0.123. The first kappa shape index (κ1) is 36.4. The van der Waals surface area contributed by atoms with E-state index in [1.165, 1.54) is 12.1 Å². The van der Waals surface area contributed by atoms with Crippen molar-refractivity contribution < 1.29 is 48.1 Å². The molecule has 0 aromatic heterocycles. The number of ether oxygens (including phenoxy) is 4. The van der Waals surface area contributed by atoms with Crippen molar-refractivity contribution in [2.75, 3.05) is 6.54 Å². The Balaban J connectivity index is 1.37. The monoisotopic (exact) mass is 759 g/mol. The van der Waals surface area contributed by atoms with Gasteiger partial charge in [0.25, 0.3) is 0 Å². The van der Waals surface area contributed by atoms with E-state index in [0.717, 1.165) is 5.56 Å². The van der Waals surface area contributed by atoms with E-state index >= 15 is 0 Å². The molecule has 264 valence electrons. The highest BCUT2D eigenvalue weighted by molar-refractivity contribution is 9.11. The largest absolute Gasteiger partial charge is 0.514 e. The summed E-state index contributed by atoms with van der Waals surface area (Å²) in [6, 6.07) is 28.0. The highest BCUT2D eigenvalue weighted by atomic mass is 79.9. The second kappa shape index (κ2) is 18.2. The van der Waals surface area contributed by atoms with E-state index in [1.54, 1.807) is 84.9 Å². The Morgan fingerprint density at radius 2 is 1.35 bits per heavy atom. The van der Waals surface area contributed by atoms with Gasteiger partial charge in [-0.2, -0.15) is 0 Å². The van der Waals surface area contributed by atoms with Gasteiger partial charge in [0, 0.05) is 6.42 Å². The molecule has 2 atom stereocenters. The zero-order chi connectivity index (χ0) is 36.0. The summed E-state index contributed by atoms with van der Waals surface area (Å²) in [5, 5.41) is 16.6. The minimum atomic E-state index is -1.31.